The summed E-state index contributed by atoms with van der Waals surface area (Å²) in [5.74, 6) is -0.112. The number of carbonyl (C=O) groups is 2. The van der Waals surface area contributed by atoms with Crippen LogP contribution in [-0.4, -0.2) is 55.0 Å². The van der Waals surface area contributed by atoms with Gasteiger partial charge < -0.3 is 15.5 Å². The van der Waals surface area contributed by atoms with Gasteiger partial charge in [0.25, 0.3) is 5.91 Å². The molecule has 1 aliphatic rings. The number of hydrogen-bond acceptors (Lipinski definition) is 3. The summed E-state index contributed by atoms with van der Waals surface area (Å²) in [6, 6.07) is 18.0. The molecule has 29 heavy (non-hydrogen) atoms. The van der Waals surface area contributed by atoms with Crippen LogP contribution in [-0.2, 0) is 13.1 Å². The lowest BCUT2D eigenvalue weighted by atomic mass is 10.0. The molecule has 1 fully saturated rings. The van der Waals surface area contributed by atoms with Crippen molar-refractivity contribution in [2.24, 2.45) is 0 Å². The van der Waals surface area contributed by atoms with Gasteiger partial charge in [0.15, 0.2) is 0 Å². The van der Waals surface area contributed by atoms with E-state index in [1.165, 1.54) is 5.56 Å². The minimum Gasteiger partial charge on any atom is -0.355 e. The SMILES string of the molecule is CNC(=O)c1ccc(CNC(=O)N(C)C2CCN(Cc3ccccc3)CC2)cc1. The molecule has 2 N–H and O–H groups in total. The van der Waals surface area contributed by atoms with Gasteiger partial charge >= 0.3 is 6.03 Å². The molecule has 0 radical (unpaired) electrons. The number of urea groups is 1. The Hall–Kier alpha value is -2.86. The molecule has 1 aliphatic heterocycles. The second-order valence-corrected chi connectivity index (χ2v) is 7.54. The van der Waals surface area contributed by atoms with Crippen molar-refractivity contribution in [3.8, 4) is 0 Å². The van der Waals surface area contributed by atoms with Crippen LogP contribution in [0.25, 0.3) is 0 Å². The van der Waals surface area contributed by atoms with Gasteiger partial charge in [-0.3, -0.25) is 9.69 Å². The predicted octanol–water partition coefficient (Wildman–Crippen LogP) is 2.85. The third-order valence-corrected chi connectivity index (χ3v) is 5.56. The van der Waals surface area contributed by atoms with Gasteiger partial charge in [0.1, 0.15) is 0 Å². The highest BCUT2D eigenvalue weighted by Crippen LogP contribution is 2.17. The quantitative estimate of drug-likeness (QED) is 0.792. The fourth-order valence-electron chi connectivity index (χ4n) is 3.69. The summed E-state index contributed by atoms with van der Waals surface area (Å²) in [5, 5.41) is 5.58. The Morgan fingerprint density at radius 3 is 2.28 bits per heavy atom. The van der Waals surface area contributed by atoms with Crippen LogP contribution in [0, 0.1) is 0 Å². The summed E-state index contributed by atoms with van der Waals surface area (Å²) in [6.07, 6.45) is 1.97. The van der Waals surface area contributed by atoms with Crippen molar-refractivity contribution < 1.29 is 9.59 Å². The van der Waals surface area contributed by atoms with Gasteiger partial charge in [-0.05, 0) is 36.1 Å². The second kappa shape index (κ2) is 10.1. The third kappa shape index (κ3) is 5.81. The van der Waals surface area contributed by atoms with E-state index in [2.05, 4.69) is 39.8 Å². The number of amides is 3. The first-order chi connectivity index (χ1) is 14.1. The Morgan fingerprint density at radius 2 is 1.66 bits per heavy atom. The maximum absolute atomic E-state index is 12.5. The third-order valence-electron chi connectivity index (χ3n) is 5.56. The highest BCUT2D eigenvalue weighted by atomic mass is 16.2. The van der Waals surface area contributed by atoms with Crippen molar-refractivity contribution in [2.45, 2.75) is 32.0 Å². The van der Waals surface area contributed by atoms with Crippen LogP contribution in [0.2, 0.25) is 0 Å². The van der Waals surface area contributed by atoms with E-state index in [1.807, 2.05) is 30.1 Å². The van der Waals surface area contributed by atoms with Gasteiger partial charge in [-0.1, -0.05) is 42.5 Å². The molecule has 3 rings (SSSR count). The molecule has 0 bridgehead atoms. The fraction of sp³-hybridized carbons (Fsp3) is 0.391. The maximum Gasteiger partial charge on any atom is 0.317 e. The number of carbonyl (C=O) groups excluding carboxylic acids is 2. The van der Waals surface area contributed by atoms with Crippen molar-refractivity contribution in [3.63, 3.8) is 0 Å². The summed E-state index contributed by atoms with van der Waals surface area (Å²) in [5.41, 5.74) is 2.92. The zero-order valence-corrected chi connectivity index (χ0v) is 17.2. The maximum atomic E-state index is 12.5. The fourth-order valence-corrected chi connectivity index (χ4v) is 3.69. The number of benzene rings is 2. The Labute approximate surface area is 172 Å². The summed E-state index contributed by atoms with van der Waals surface area (Å²) < 4.78 is 0. The van der Waals surface area contributed by atoms with Crippen LogP contribution >= 0.6 is 0 Å². The van der Waals surface area contributed by atoms with E-state index in [0.29, 0.717) is 12.1 Å². The number of nitrogens with one attached hydrogen (secondary N) is 2. The van der Waals surface area contributed by atoms with Crippen LogP contribution < -0.4 is 10.6 Å². The molecule has 0 saturated carbocycles. The average molecular weight is 395 g/mol. The smallest absolute Gasteiger partial charge is 0.317 e. The molecule has 0 aromatic heterocycles. The van der Waals surface area contributed by atoms with Gasteiger partial charge in [-0.25, -0.2) is 4.79 Å². The highest BCUT2D eigenvalue weighted by Gasteiger charge is 2.25. The molecule has 1 saturated heterocycles. The predicted molar refractivity (Wildman–Crippen MR) is 115 cm³/mol. The highest BCUT2D eigenvalue weighted by molar-refractivity contribution is 5.93. The first-order valence-electron chi connectivity index (χ1n) is 10.1. The zero-order valence-electron chi connectivity index (χ0n) is 17.2. The number of piperidine rings is 1. The number of nitrogens with zero attached hydrogens (tertiary/aromatic N) is 2. The molecule has 2 aromatic carbocycles. The van der Waals surface area contributed by atoms with Gasteiger partial charge in [0.05, 0.1) is 0 Å². The van der Waals surface area contributed by atoms with E-state index >= 15 is 0 Å². The number of hydrogen-bond donors (Lipinski definition) is 2. The van der Waals surface area contributed by atoms with Gasteiger partial charge in [-0.2, -0.15) is 0 Å². The minimum absolute atomic E-state index is 0.0538. The molecule has 0 atom stereocenters. The molecule has 3 amide bonds. The molecule has 1 heterocycles. The number of likely N-dealkylation sites (tertiary alicyclic amines) is 1. The molecule has 6 heteroatoms. The van der Waals surface area contributed by atoms with E-state index in [-0.39, 0.29) is 18.0 Å². The summed E-state index contributed by atoms with van der Waals surface area (Å²) in [7, 11) is 3.49. The second-order valence-electron chi connectivity index (χ2n) is 7.54. The Morgan fingerprint density at radius 1 is 1.00 bits per heavy atom. The van der Waals surface area contributed by atoms with Crippen molar-refractivity contribution in [1.29, 1.82) is 0 Å². The van der Waals surface area contributed by atoms with E-state index in [9.17, 15) is 9.59 Å². The first kappa shape index (κ1) is 20.9. The Kier molecular flexibility index (Phi) is 7.25. The molecular weight excluding hydrogens is 364 g/mol. The average Bonchev–Trinajstić information content (AvgIpc) is 2.78. The lowest BCUT2D eigenvalue weighted by Crippen LogP contribution is -2.48. The van der Waals surface area contributed by atoms with Crippen LogP contribution in [0.5, 0.6) is 0 Å². The largest absolute Gasteiger partial charge is 0.355 e. The minimum atomic E-state index is -0.112. The molecule has 6 nitrogen and oxygen atoms in total. The van der Waals surface area contributed by atoms with Crippen molar-refractivity contribution in [2.75, 3.05) is 27.2 Å². The monoisotopic (exact) mass is 394 g/mol. The van der Waals surface area contributed by atoms with E-state index < -0.39 is 0 Å². The topological polar surface area (TPSA) is 64.7 Å². The molecule has 0 unspecified atom stereocenters. The molecule has 154 valence electrons. The Balaban J connectivity index is 1.43. The lowest BCUT2D eigenvalue weighted by Gasteiger charge is -2.36. The summed E-state index contributed by atoms with van der Waals surface area (Å²) in [6.45, 7) is 3.41. The molecule has 0 spiro atoms. The van der Waals surface area contributed by atoms with Crippen LogP contribution in [0.4, 0.5) is 4.79 Å². The van der Waals surface area contributed by atoms with Crippen molar-refractivity contribution in [3.05, 3.63) is 71.3 Å². The van der Waals surface area contributed by atoms with Gasteiger partial charge in [0, 0.05) is 51.9 Å². The normalized spacial score (nSPS) is 15.0. The van der Waals surface area contributed by atoms with Gasteiger partial charge in [0.2, 0.25) is 0 Å². The molecule has 2 aromatic rings. The van der Waals surface area contributed by atoms with Crippen molar-refractivity contribution in [1.82, 2.24) is 20.4 Å². The lowest BCUT2D eigenvalue weighted by molar-refractivity contribution is 0.0963. The summed E-state index contributed by atoms with van der Waals surface area (Å²) in [4.78, 5) is 28.4. The van der Waals surface area contributed by atoms with Crippen molar-refractivity contribution >= 4 is 11.9 Å². The van der Waals surface area contributed by atoms with E-state index in [0.717, 1.165) is 38.0 Å². The van der Waals surface area contributed by atoms with Gasteiger partial charge in [-0.15, -0.1) is 0 Å². The molecular formula is C23H30N4O2. The van der Waals surface area contributed by atoms with Crippen LogP contribution in [0.15, 0.2) is 54.6 Å². The summed E-state index contributed by atoms with van der Waals surface area (Å²) >= 11 is 0. The number of rotatable bonds is 6. The first-order valence-corrected chi connectivity index (χ1v) is 10.1. The Bertz CT molecular complexity index is 799. The molecule has 0 aliphatic carbocycles. The zero-order chi connectivity index (χ0) is 20.6. The van der Waals surface area contributed by atoms with Crippen LogP contribution in [0.1, 0.15) is 34.3 Å². The van der Waals surface area contributed by atoms with Crippen LogP contribution in [0.3, 0.4) is 0 Å². The van der Waals surface area contributed by atoms with E-state index in [1.54, 1.807) is 19.2 Å². The standard InChI is InChI=1S/C23H30N4O2/c1-24-22(28)20-10-8-18(9-11-20)16-25-23(29)26(2)21-12-14-27(15-13-21)17-19-6-4-3-5-7-19/h3-11,21H,12-17H2,1-2H3,(H,24,28)(H,25,29). The van der Waals surface area contributed by atoms with E-state index in [4.69, 9.17) is 0 Å².